The Balaban J connectivity index is 4.23. The van der Waals surface area contributed by atoms with E-state index in [4.69, 9.17) is 4.74 Å². The van der Waals surface area contributed by atoms with Crippen molar-refractivity contribution in [1.82, 2.24) is 4.90 Å². The molecule has 0 saturated heterocycles. The molecule has 0 bridgehead atoms. The Kier molecular flexibility index (Phi) is 10.1. The molecule has 5 nitrogen and oxygen atoms in total. The Morgan fingerprint density at radius 3 is 2.25 bits per heavy atom. The molecule has 0 atom stereocenters. The maximum Gasteiger partial charge on any atom is 0.307 e. The molecule has 0 aromatic rings. The van der Waals surface area contributed by atoms with E-state index < -0.39 is 0 Å². The number of carbonyl (C=O) groups excluding carboxylic acids is 2. The van der Waals surface area contributed by atoms with Gasteiger partial charge in [0.25, 0.3) is 0 Å². The number of hydrogen-bond acceptors (Lipinski definition) is 4. The van der Waals surface area contributed by atoms with Gasteiger partial charge in [0.05, 0.1) is 19.6 Å². The molecule has 0 aliphatic carbocycles. The van der Waals surface area contributed by atoms with Crippen molar-refractivity contribution >= 4 is 11.9 Å². The van der Waals surface area contributed by atoms with Crippen molar-refractivity contribution in [3.05, 3.63) is 0 Å². The van der Waals surface area contributed by atoms with Gasteiger partial charge in [-0.05, 0) is 26.2 Å². The predicted octanol–water partition coefficient (Wildman–Crippen LogP) is 2.24. The highest BCUT2D eigenvalue weighted by Crippen LogP contribution is 2.06. The van der Waals surface area contributed by atoms with Crippen LogP contribution in [0, 0.1) is 5.92 Å². The van der Waals surface area contributed by atoms with Crippen LogP contribution in [0.15, 0.2) is 0 Å². The molecule has 0 spiro atoms. The fraction of sp³-hybridized carbons (Fsp3) is 0.867. The van der Waals surface area contributed by atoms with Gasteiger partial charge < -0.3 is 14.4 Å². The summed E-state index contributed by atoms with van der Waals surface area (Å²) in [6.45, 7) is 9.66. The summed E-state index contributed by atoms with van der Waals surface area (Å²) >= 11 is 0. The first-order valence-electron chi connectivity index (χ1n) is 7.33. The normalized spacial score (nSPS) is 10.9. The van der Waals surface area contributed by atoms with E-state index in [0.29, 0.717) is 32.0 Å². The first-order chi connectivity index (χ1) is 9.36. The number of nitrogens with zero attached hydrogens (tertiary/aromatic N) is 1. The quantitative estimate of drug-likeness (QED) is 0.457. The van der Waals surface area contributed by atoms with Gasteiger partial charge >= 0.3 is 5.97 Å². The van der Waals surface area contributed by atoms with E-state index >= 15 is 0 Å². The van der Waals surface area contributed by atoms with E-state index in [0.717, 1.165) is 6.42 Å². The third-order valence-corrected chi connectivity index (χ3v) is 2.77. The van der Waals surface area contributed by atoms with Gasteiger partial charge in [0.15, 0.2) is 0 Å². The largest absolute Gasteiger partial charge is 0.469 e. The van der Waals surface area contributed by atoms with Gasteiger partial charge in [-0.2, -0.15) is 0 Å². The fourth-order valence-electron chi connectivity index (χ4n) is 1.74. The molecule has 0 saturated carbocycles. The monoisotopic (exact) mass is 287 g/mol. The van der Waals surface area contributed by atoms with Crippen molar-refractivity contribution in [2.45, 2.75) is 53.1 Å². The minimum atomic E-state index is -0.286. The summed E-state index contributed by atoms with van der Waals surface area (Å²) in [4.78, 5) is 25.0. The summed E-state index contributed by atoms with van der Waals surface area (Å²) < 4.78 is 10.1. The number of esters is 1. The number of methoxy groups -OCH3 is 1. The zero-order chi connectivity index (χ0) is 15.5. The van der Waals surface area contributed by atoms with Crippen molar-refractivity contribution in [3.63, 3.8) is 0 Å². The van der Waals surface area contributed by atoms with Crippen LogP contribution in [-0.2, 0) is 19.1 Å². The van der Waals surface area contributed by atoms with Crippen LogP contribution in [0.25, 0.3) is 0 Å². The lowest BCUT2D eigenvalue weighted by Crippen LogP contribution is -2.35. The molecule has 0 radical (unpaired) electrons. The molecule has 20 heavy (non-hydrogen) atoms. The predicted molar refractivity (Wildman–Crippen MR) is 78.4 cm³/mol. The molecule has 0 aromatic carbocycles. The Bertz CT molecular complexity index is 290. The van der Waals surface area contributed by atoms with Crippen LogP contribution in [0.1, 0.15) is 47.0 Å². The lowest BCUT2D eigenvalue weighted by molar-refractivity contribution is -0.141. The third-order valence-electron chi connectivity index (χ3n) is 2.77. The van der Waals surface area contributed by atoms with Gasteiger partial charge in [-0.1, -0.05) is 13.8 Å². The first kappa shape index (κ1) is 18.9. The fourth-order valence-corrected chi connectivity index (χ4v) is 1.74. The molecule has 0 N–H and O–H groups in total. The second-order valence-electron chi connectivity index (χ2n) is 5.58. The SMILES string of the molecule is COC(=O)CCN(CCCOC(C)C)C(=O)CC(C)C. The lowest BCUT2D eigenvalue weighted by Gasteiger charge is -2.23. The first-order valence-corrected chi connectivity index (χ1v) is 7.33. The maximum absolute atomic E-state index is 12.1. The van der Waals surface area contributed by atoms with Crippen molar-refractivity contribution in [2.24, 2.45) is 5.92 Å². The van der Waals surface area contributed by atoms with Gasteiger partial charge in [-0.25, -0.2) is 0 Å². The Labute approximate surface area is 122 Å². The molecular weight excluding hydrogens is 258 g/mol. The smallest absolute Gasteiger partial charge is 0.307 e. The van der Waals surface area contributed by atoms with E-state index in [1.807, 2.05) is 27.7 Å². The van der Waals surface area contributed by atoms with Crippen molar-refractivity contribution in [1.29, 1.82) is 0 Å². The van der Waals surface area contributed by atoms with E-state index in [-0.39, 0.29) is 24.4 Å². The Hall–Kier alpha value is -1.10. The van der Waals surface area contributed by atoms with Gasteiger partial charge in [0, 0.05) is 26.1 Å². The van der Waals surface area contributed by atoms with Crippen LogP contribution in [-0.4, -0.2) is 49.7 Å². The average molecular weight is 287 g/mol. The molecular formula is C15H29NO4. The summed E-state index contributed by atoms with van der Waals surface area (Å²) in [6.07, 6.45) is 1.73. The number of amides is 1. The van der Waals surface area contributed by atoms with Crippen LogP contribution < -0.4 is 0 Å². The standard InChI is InChI=1S/C15H29NO4/c1-12(2)11-14(17)16(9-7-15(18)19-5)8-6-10-20-13(3)4/h12-13H,6-11H2,1-5H3. The minimum absolute atomic E-state index is 0.0912. The van der Waals surface area contributed by atoms with Crippen molar-refractivity contribution < 1.29 is 19.1 Å². The summed E-state index contributed by atoms with van der Waals surface area (Å²) in [5, 5.41) is 0. The average Bonchev–Trinajstić information content (AvgIpc) is 2.35. The summed E-state index contributed by atoms with van der Waals surface area (Å²) in [5.41, 5.74) is 0. The molecule has 118 valence electrons. The van der Waals surface area contributed by atoms with E-state index in [2.05, 4.69) is 4.74 Å². The Morgan fingerprint density at radius 1 is 1.10 bits per heavy atom. The number of ether oxygens (including phenoxy) is 2. The van der Waals surface area contributed by atoms with Crippen LogP contribution in [0.4, 0.5) is 0 Å². The van der Waals surface area contributed by atoms with Crippen LogP contribution in [0.3, 0.4) is 0 Å². The van der Waals surface area contributed by atoms with Crippen LogP contribution in [0.5, 0.6) is 0 Å². The third kappa shape index (κ3) is 9.78. The second-order valence-corrected chi connectivity index (χ2v) is 5.58. The summed E-state index contributed by atoms with van der Waals surface area (Å²) in [5.74, 6) is 0.120. The highest BCUT2D eigenvalue weighted by atomic mass is 16.5. The molecule has 5 heteroatoms. The zero-order valence-electron chi connectivity index (χ0n) is 13.5. The number of carbonyl (C=O) groups is 2. The molecule has 1 amide bonds. The maximum atomic E-state index is 12.1. The second kappa shape index (κ2) is 10.7. The van der Waals surface area contributed by atoms with E-state index in [9.17, 15) is 9.59 Å². The number of rotatable bonds is 10. The van der Waals surface area contributed by atoms with Gasteiger partial charge in [0.1, 0.15) is 0 Å². The van der Waals surface area contributed by atoms with Crippen LogP contribution >= 0.6 is 0 Å². The number of hydrogen-bond donors (Lipinski definition) is 0. The minimum Gasteiger partial charge on any atom is -0.469 e. The van der Waals surface area contributed by atoms with Crippen LogP contribution in [0.2, 0.25) is 0 Å². The molecule has 0 fully saturated rings. The lowest BCUT2D eigenvalue weighted by atomic mass is 10.1. The van der Waals surface area contributed by atoms with Gasteiger partial charge in [-0.3, -0.25) is 9.59 Å². The summed E-state index contributed by atoms with van der Waals surface area (Å²) in [7, 11) is 1.36. The zero-order valence-corrected chi connectivity index (χ0v) is 13.5. The van der Waals surface area contributed by atoms with Crippen molar-refractivity contribution in [2.75, 3.05) is 26.8 Å². The topological polar surface area (TPSA) is 55.8 Å². The molecule has 0 aliphatic rings. The summed E-state index contributed by atoms with van der Waals surface area (Å²) in [6, 6.07) is 0. The van der Waals surface area contributed by atoms with Gasteiger partial charge in [-0.15, -0.1) is 0 Å². The highest BCUT2D eigenvalue weighted by Gasteiger charge is 2.16. The molecule has 0 aliphatic heterocycles. The molecule has 0 aromatic heterocycles. The Morgan fingerprint density at radius 2 is 1.75 bits per heavy atom. The molecule has 0 unspecified atom stereocenters. The van der Waals surface area contributed by atoms with E-state index in [1.165, 1.54) is 7.11 Å². The molecule has 0 rings (SSSR count). The van der Waals surface area contributed by atoms with Crippen molar-refractivity contribution in [3.8, 4) is 0 Å². The van der Waals surface area contributed by atoms with Gasteiger partial charge in [0.2, 0.25) is 5.91 Å². The van der Waals surface area contributed by atoms with E-state index in [1.54, 1.807) is 4.90 Å². The molecule has 0 heterocycles. The highest BCUT2D eigenvalue weighted by molar-refractivity contribution is 5.77.